The summed E-state index contributed by atoms with van der Waals surface area (Å²) in [5.41, 5.74) is 6.65. The van der Waals surface area contributed by atoms with E-state index in [0.29, 0.717) is 24.1 Å². The van der Waals surface area contributed by atoms with Crippen LogP contribution in [0.4, 0.5) is 5.13 Å². The summed E-state index contributed by atoms with van der Waals surface area (Å²) in [6.07, 6.45) is 11.8. The number of amides is 3. The Bertz CT molecular complexity index is 1880. The van der Waals surface area contributed by atoms with Gasteiger partial charge in [-0.1, -0.05) is 50.9 Å². The van der Waals surface area contributed by atoms with Crippen LogP contribution in [0.3, 0.4) is 0 Å². The molecule has 3 amide bonds. The number of benzene rings is 1. The number of phenolic OH excluding ortho intramolecular Hbond substituents is 2. The first-order chi connectivity index (χ1) is 27.7. The van der Waals surface area contributed by atoms with Crippen LogP contribution in [0.5, 0.6) is 11.5 Å². The number of nitrogens with zero attached hydrogens (tertiary/aromatic N) is 4. The number of quaternary nitrogens is 1. The van der Waals surface area contributed by atoms with Crippen LogP contribution in [0.2, 0.25) is 5.02 Å². The first-order valence-corrected chi connectivity index (χ1v) is 20.7. The van der Waals surface area contributed by atoms with Crippen LogP contribution in [0, 0.1) is 24.7 Å². The van der Waals surface area contributed by atoms with Gasteiger partial charge in [0.1, 0.15) is 29.4 Å². The number of halogens is 1. The number of likely N-dealkylation sites (N-methyl/N-ethyl adjacent to an activating group) is 1. The monoisotopic (exact) mass is 888 g/mol. The molecule has 4 heterocycles. The molecule has 3 fully saturated rings. The molecule has 318 valence electrons. The average molecular weight is 889 g/mol. The average Bonchev–Trinajstić information content (AvgIpc) is 3.94. The molecule has 6 rings (SSSR count). The number of hydrogen-bond acceptors (Lipinski definition) is 15. The Balaban J connectivity index is 0.000000733. The maximum Gasteiger partial charge on any atom is 1.00 e. The SMILES string of the molecule is C#C.CC.CC.CNC(=O)c1ccc(O)c(O)c1Cl.COC(=O)C1=C(C[N+]2(C)CC3CCCC3C2)CS[C@@H]2[C@H](NC(=O)/C(=N\OCC(=O)[O-])c3csc(N)n3)C(=O)N12.[Na+]. The van der Waals surface area contributed by atoms with Gasteiger partial charge in [-0.3, -0.25) is 19.3 Å². The molecule has 59 heavy (non-hydrogen) atoms. The van der Waals surface area contributed by atoms with Crippen molar-refractivity contribution < 1.29 is 82.9 Å². The number of carboxylic acid groups (broad SMARTS) is 1. The molecule has 4 aliphatic rings. The van der Waals surface area contributed by atoms with E-state index < -0.39 is 53.4 Å². The number of aliphatic carboxylic acids is 1. The summed E-state index contributed by atoms with van der Waals surface area (Å²) in [6.45, 7) is 9.91. The number of anilines is 1. The Kier molecular flexibility index (Phi) is 22.4. The van der Waals surface area contributed by atoms with E-state index in [1.165, 1.54) is 67.6 Å². The van der Waals surface area contributed by atoms with E-state index >= 15 is 0 Å². The summed E-state index contributed by atoms with van der Waals surface area (Å²) in [5, 5.41) is 38.4. The Morgan fingerprint density at radius 1 is 1.14 bits per heavy atom. The number of hydrogen-bond donors (Lipinski definition) is 5. The van der Waals surface area contributed by atoms with Crippen LogP contribution in [0.25, 0.3) is 0 Å². The van der Waals surface area contributed by atoms with E-state index in [1.54, 1.807) is 0 Å². The number of terminal acetylenes is 1. The van der Waals surface area contributed by atoms with Gasteiger partial charge in [-0.15, -0.1) is 35.9 Å². The zero-order valence-corrected chi connectivity index (χ0v) is 39.0. The second kappa shape index (κ2) is 24.9. The summed E-state index contributed by atoms with van der Waals surface area (Å²) >= 11 is 8.12. The van der Waals surface area contributed by atoms with Gasteiger partial charge in [-0.05, 0) is 25.0 Å². The van der Waals surface area contributed by atoms with E-state index in [1.807, 2.05) is 27.7 Å². The third-order valence-electron chi connectivity index (χ3n) is 9.34. The predicted molar refractivity (Wildman–Crippen MR) is 220 cm³/mol. The molecular formula is C38H52ClN7NaO10S2+. The third kappa shape index (κ3) is 13.0. The van der Waals surface area contributed by atoms with Gasteiger partial charge in [-0.2, -0.15) is 0 Å². The number of phenols is 2. The Morgan fingerprint density at radius 2 is 1.75 bits per heavy atom. The maximum atomic E-state index is 13.3. The summed E-state index contributed by atoms with van der Waals surface area (Å²) < 4.78 is 5.90. The number of aromatic hydroxyl groups is 2. The number of fused-ring (bicyclic) bond motifs is 2. The Morgan fingerprint density at radius 3 is 2.27 bits per heavy atom. The van der Waals surface area contributed by atoms with Gasteiger partial charge in [0.05, 0.1) is 43.8 Å². The van der Waals surface area contributed by atoms with Crippen molar-refractivity contribution in [3.8, 4) is 24.3 Å². The molecule has 0 spiro atoms. The summed E-state index contributed by atoms with van der Waals surface area (Å²) in [4.78, 5) is 71.3. The number of likely N-dealkylation sites (tertiary alicyclic amines) is 1. The molecule has 6 N–H and O–H groups in total. The molecular weight excluding hydrogens is 837 g/mol. The largest absolute Gasteiger partial charge is 1.00 e. The minimum absolute atomic E-state index is 0. The van der Waals surface area contributed by atoms with E-state index in [2.05, 4.69) is 40.7 Å². The van der Waals surface area contributed by atoms with Crippen molar-refractivity contribution >= 4 is 75.2 Å². The number of carbonyl (C=O) groups excluding carboxylic acids is 5. The smallest absolute Gasteiger partial charge is 0.546 e. The number of carboxylic acids is 1. The van der Waals surface area contributed by atoms with Gasteiger partial charge in [-0.25, -0.2) is 9.78 Å². The number of aromatic nitrogens is 1. The summed E-state index contributed by atoms with van der Waals surface area (Å²) in [7, 11) is 4.95. The number of β-lactam (4-membered cyclic amide) rings is 1. The first-order valence-electron chi connectivity index (χ1n) is 18.4. The van der Waals surface area contributed by atoms with Crippen molar-refractivity contribution in [2.24, 2.45) is 17.0 Å². The quantitative estimate of drug-likeness (QED) is 0.0291. The summed E-state index contributed by atoms with van der Waals surface area (Å²) in [6, 6.07) is 1.59. The zero-order chi connectivity index (χ0) is 43.9. The standard InChI is InChI=1S/C24H30N6O7S2.C8H8ClNO3.2C2H6.C2H2.Na/c1-30(6-12-4-3-5-13(12)7-30)8-14-10-38-22-18(21(34)29(22)19(14)23(35)36-2)27-20(33)17(28-37-9-16(31)32)15-11-39-24(25)26-15;1-10-8(13)4-2-3-5(11)7(12)6(4)9;3*1-2;/h11-13,18,22H,3-10H2,1-2H3,(H3-,25,26,27,31,32,33);2-3,11-12H,1H3,(H,10,13);2*1-2H3;1-2H;/q;;;;;+1/b28-17-;;;;;/t12?,13?,18-,22-,30?;;;;;/m1...../s1. The number of nitrogen functional groups attached to an aromatic ring is 1. The van der Waals surface area contributed by atoms with E-state index in [0.717, 1.165) is 34.5 Å². The zero-order valence-electron chi connectivity index (χ0n) is 34.6. The molecule has 4 atom stereocenters. The molecule has 2 aromatic rings. The molecule has 3 aliphatic heterocycles. The van der Waals surface area contributed by atoms with Gasteiger partial charge >= 0.3 is 35.5 Å². The van der Waals surface area contributed by atoms with Gasteiger partial charge in [0, 0.05) is 35.6 Å². The van der Waals surface area contributed by atoms with Crippen LogP contribution in [0.15, 0.2) is 33.9 Å². The molecule has 17 nitrogen and oxygen atoms in total. The van der Waals surface area contributed by atoms with Crippen LogP contribution in [0.1, 0.15) is 63.0 Å². The topological polar surface area (TPSA) is 246 Å². The van der Waals surface area contributed by atoms with Crippen LogP contribution in [-0.2, 0) is 28.8 Å². The Labute approximate surface area is 380 Å². The second-order valence-electron chi connectivity index (χ2n) is 12.9. The molecule has 0 bridgehead atoms. The van der Waals surface area contributed by atoms with Gasteiger partial charge in [0.15, 0.2) is 28.9 Å². The maximum absolute atomic E-state index is 13.3. The van der Waals surface area contributed by atoms with Gasteiger partial charge < -0.3 is 50.5 Å². The molecule has 1 saturated carbocycles. The van der Waals surface area contributed by atoms with Crippen LogP contribution < -0.4 is 51.0 Å². The van der Waals surface area contributed by atoms with Crippen molar-refractivity contribution in [2.45, 2.75) is 58.4 Å². The van der Waals surface area contributed by atoms with E-state index in [4.69, 9.17) is 37.1 Å². The summed E-state index contributed by atoms with van der Waals surface area (Å²) in [5.74, 6) is -2.65. The number of nitrogens with one attached hydrogen (secondary N) is 2. The van der Waals surface area contributed by atoms with E-state index in [-0.39, 0.29) is 68.1 Å². The normalized spacial score (nSPS) is 22.2. The molecule has 2 unspecified atom stereocenters. The number of esters is 1. The number of oxime groups is 1. The predicted octanol–water partition coefficient (Wildman–Crippen LogP) is -0.684. The molecule has 1 aromatic carbocycles. The number of thioether (sulfide) groups is 1. The fraction of sp³-hybridized carbons (Fsp3) is 0.500. The second-order valence-corrected chi connectivity index (χ2v) is 15.3. The van der Waals surface area contributed by atoms with E-state index in [9.17, 15) is 29.1 Å². The minimum Gasteiger partial charge on any atom is -0.546 e. The number of ether oxygens (including phenoxy) is 1. The molecule has 1 aliphatic carbocycles. The number of carbonyl (C=O) groups is 5. The molecule has 1 aromatic heterocycles. The van der Waals surface area contributed by atoms with Crippen molar-refractivity contribution in [1.29, 1.82) is 0 Å². The van der Waals surface area contributed by atoms with Crippen molar-refractivity contribution in [3.63, 3.8) is 0 Å². The molecule has 21 heteroatoms. The van der Waals surface area contributed by atoms with Crippen LogP contribution in [-0.4, -0.2) is 125 Å². The van der Waals surface area contributed by atoms with Crippen LogP contribution >= 0.6 is 34.7 Å². The Hall–Kier alpha value is -4.03. The van der Waals surface area contributed by atoms with Crippen molar-refractivity contribution in [3.05, 3.63) is 45.1 Å². The first kappa shape index (κ1) is 53.0. The molecule has 2 saturated heterocycles. The number of nitrogens with two attached hydrogens (primary N) is 1. The number of rotatable bonds is 10. The molecule has 0 radical (unpaired) electrons. The fourth-order valence-corrected chi connectivity index (χ4v) is 9.23. The minimum atomic E-state index is -1.52. The van der Waals surface area contributed by atoms with Gasteiger partial charge in [0.2, 0.25) is 0 Å². The van der Waals surface area contributed by atoms with Crippen molar-refractivity contribution in [1.82, 2.24) is 20.5 Å². The number of thiazole rings is 1. The number of methoxy groups -OCH3 is 1. The van der Waals surface area contributed by atoms with Gasteiger partial charge in [0.25, 0.3) is 17.7 Å². The fourth-order valence-electron chi connectivity index (χ4n) is 7.11. The van der Waals surface area contributed by atoms with Crippen molar-refractivity contribution in [2.75, 3.05) is 58.9 Å². The third-order valence-corrected chi connectivity index (χ3v) is 11.7.